The molecule has 1 rings (SSSR count). The third-order valence-corrected chi connectivity index (χ3v) is 0.913. The zero-order valence-corrected chi connectivity index (χ0v) is 55.7. The summed E-state index contributed by atoms with van der Waals surface area (Å²) in [5, 5.41) is 0. The molecule has 1 aromatic rings. The molecule has 0 aliphatic carbocycles. The minimum Gasteiger partial charge on any atom is -0.344 e. The van der Waals surface area contributed by atoms with Crippen molar-refractivity contribution in [1.82, 2.24) is 0 Å². The van der Waals surface area contributed by atoms with Gasteiger partial charge in [0, 0.05) is 491 Å². The molecule has 0 aliphatic heterocycles. The molecule has 0 saturated heterocycles. The minimum atomic E-state index is 0. The number of rotatable bonds is 1. The predicted octanol–water partition coefficient (Wildman–Crippen LogP) is 1.90. The van der Waals surface area contributed by atoms with Gasteiger partial charge in [-0.3, -0.25) is 0 Å². The summed E-state index contributed by atoms with van der Waals surface area (Å²) in [6.45, 7) is 5.19. The zero-order chi connectivity index (χ0) is 5.82. The molecule has 85 valence electrons. The van der Waals surface area contributed by atoms with Gasteiger partial charge in [0.1, 0.15) is 0 Å². The molecular formula is C8H6Y15-2. The van der Waals surface area contributed by atoms with Crippen molar-refractivity contribution in [2.24, 2.45) is 0 Å². The summed E-state index contributed by atoms with van der Waals surface area (Å²) < 4.78 is 0. The SMILES string of the molecule is [CH-]=Cc1[c-]cccc1.[Y].[Y].[Y].[Y].[Y].[Y].[Y].[Y].[Y].[Y].[Y].[Y].[Y].[Y].[Y]. The van der Waals surface area contributed by atoms with Crippen molar-refractivity contribution in [2.75, 3.05) is 0 Å². The molecule has 23 heavy (non-hydrogen) atoms. The first-order valence-electron chi connectivity index (χ1n) is 2.45. The normalized spacial score (nSPS) is 2.96. The average molecular weight is 1440 g/mol. The molecule has 0 spiro atoms. The molecule has 15 heteroatoms. The van der Waals surface area contributed by atoms with Gasteiger partial charge in [0.25, 0.3) is 0 Å². The fourth-order valence-electron chi connectivity index (χ4n) is 0.511. The van der Waals surface area contributed by atoms with Crippen molar-refractivity contribution in [1.29, 1.82) is 0 Å². The summed E-state index contributed by atoms with van der Waals surface area (Å²) >= 11 is 0. The second-order valence-corrected chi connectivity index (χ2v) is 1.48. The van der Waals surface area contributed by atoms with E-state index in [1.165, 1.54) is 6.08 Å². The van der Waals surface area contributed by atoms with Gasteiger partial charge in [0.2, 0.25) is 0 Å². The Bertz CT molecular complexity index is 184. The van der Waals surface area contributed by atoms with Crippen molar-refractivity contribution in [3.63, 3.8) is 0 Å². The largest absolute Gasteiger partial charge is 0.344 e. The third-order valence-electron chi connectivity index (χ3n) is 0.913. The first-order chi connectivity index (χ1) is 3.93. The molecule has 1 aromatic carbocycles. The van der Waals surface area contributed by atoms with Crippen LogP contribution in [-0.2, 0) is 491 Å². The number of benzene rings is 1. The van der Waals surface area contributed by atoms with Crippen LogP contribution in [0.5, 0.6) is 0 Å². The summed E-state index contributed by atoms with van der Waals surface area (Å²) in [5.74, 6) is 0. The molecule has 0 N–H and O–H groups in total. The molecule has 0 saturated carbocycles. The van der Waals surface area contributed by atoms with E-state index >= 15 is 0 Å². The molecule has 0 amide bonds. The van der Waals surface area contributed by atoms with E-state index in [2.05, 4.69) is 6.07 Å². The van der Waals surface area contributed by atoms with Crippen molar-refractivity contribution < 1.29 is 491 Å². The van der Waals surface area contributed by atoms with Gasteiger partial charge in [-0.15, -0.1) is 6.07 Å². The van der Waals surface area contributed by atoms with Crippen LogP contribution < -0.4 is 0 Å². The Morgan fingerprint density at radius 3 is 1.00 bits per heavy atom. The molecule has 0 unspecified atom stereocenters. The van der Waals surface area contributed by atoms with E-state index in [1.54, 1.807) is 0 Å². The van der Waals surface area contributed by atoms with Gasteiger partial charge < -0.3 is 18.2 Å². The topological polar surface area (TPSA) is 0 Å². The predicted molar refractivity (Wildman–Crippen MR) is 34.0 cm³/mol. The molecule has 0 heterocycles. The van der Waals surface area contributed by atoms with Crippen LogP contribution in [0.3, 0.4) is 0 Å². The second kappa shape index (κ2) is 83.2. The average Bonchev–Trinajstić information content (AvgIpc) is 1.90. The number of hydrogen-bond acceptors (Lipinski definition) is 0. The molecule has 0 atom stereocenters. The molecular weight excluding hydrogens is 1430 g/mol. The molecule has 0 aromatic heterocycles. The smallest absolute Gasteiger partial charge is 0 e. The summed E-state index contributed by atoms with van der Waals surface area (Å²) in [5.41, 5.74) is 0.938. The quantitative estimate of drug-likeness (QED) is 0.378. The van der Waals surface area contributed by atoms with Crippen molar-refractivity contribution in [3.05, 3.63) is 42.5 Å². The molecule has 0 fully saturated rings. The van der Waals surface area contributed by atoms with Gasteiger partial charge in [-0.25, -0.2) is 12.1 Å². The Morgan fingerprint density at radius 1 is 0.565 bits per heavy atom. The van der Waals surface area contributed by atoms with E-state index in [0.717, 1.165) is 5.56 Å². The maximum absolute atomic E-state index is 5.19. The van der Waals surface area contributed by atoms with Crippen molar-refractivity contribution >= 4 is 6.08 Å². The third kappa shape index (κ3) is 72.7. The fourth-order valence-corrected chi connectivity index (χ4v) is 0.511. The van der Waals surface area contributed by atoms with Crippen LogP contribution in [0.2, 0.25) is 0 Å². The van der Waals surface area contributed by atoms with Crippen LogP contribution in [0.25, 0.3) is 6.08 Å². The fraction of sp³-hybridized carbons (Fsp3) is 0. The van der Waals surface area contributed by atoms with E-state index in [1.807, 2.05) is 24.3 Å². The van der Waals surface area contributed by atoms with E-state index in [-0.39, 0.29) is 491 Å². The maximum Gasteiger partial charge on any atom is 0 e. The molecule has 0 aliphatic rings. The molecule has 0 nitrogen and oxygen atoms in total. The Balaban J connectivity index is -0.00000000328. The van der Waals surface area contributed by atoms with Gasteiger partial charge >= 0.3 is 0 Å². The van der Waals surface area contributed by atoms with Gasteiger partial charge in [0.05, 0.1) is 0 Å². The summed E-state index contributed by atoms with van der Waals surface area (Å²) in [6, 6.07) is 10.5. The van der Waals surface area contributed by atoms with Gasteiger partial charge in [0.15, 0.2) is 0 Å². The van der Waals surface area contributed by atoms with Crippen LogP contribution in [0, 0.1) is 12.6 Å². The maximum atomic E-state index is 5.19. The standard InChI is InChI=1S/C8H6.15Y/c1-2-8-6-4-3-5-7-8;;;;;;;;;;;;;;;/h1-6H;;;;;;;;;;;;;;;/q-2;;;;;;;;;;;;;;;. The molecule has 15 radical (unpaired) electrons. The van der Waals surface area contributed by atoms with Crippen molar-refractivity contribution in [3.8, 4) is 0 Å². The minimum absolute atomic E-state index is 0. The monoisotopic (exact) mass is 1440 g/mol. The summed E-state index contributed by atoms with van der Waals surface area (Å²) in [6.07, 6.45) is 1.53. The summed E-state index contributed by atoms with van der Waals surface area (Å²) in [7, 11) is 0. The van der Waals surface area contributed by atoms with Crippen LogP contribution in [0.1, 0.15) is 5.56 Å². The van der Waals surface area contributed by atoms with Gasteiger partial charge in [-0.1, -0.05) is 0 Å². The second-order valence-electron chi connectivity index (χ2n) is 1.48. The molecule has 0 bridgehead atoms. The van der Waals surface area contributed by atoms with Crippen LogP contribution in [0.15, 0.2) is 24.3 Å². The summed E-state index contributed by atoms with van der Waals surface area (Å²) in [4.78, 5) is 0. The van der Waals surface area contributed by atoms with Crippen LogP contribution >= 0.6 is 0 Å². The Morgan fingerprint density at radius 2 is 0.870 bits per heavy atom. The van der Waals surface area contributed by atoms with Crippen molar-refractivity contribution in [2.45, 2.75) is 0 Å². The Labute approximate surface area is 520 Å². The van der Waals surface area contributed by atoms with E-state index in [4.69, 9.17) is 6.58 Å². The van der Waals surface area contributed by atoms with Gasteiger partial charge in [-0.05, 0) is 0 Å². The first-order valence-corrected chi connectivity index (χ1v) is 2.45. The van der Waals surface area contributed by atoms with E-state index in [0.29, 0.717) is 0 Å². The Hall–Kier alpha value is 15.5. The zero-order valence-electron chi connectivity index (χ0n) is 13.1. The van der Waals surface area contributed by atoms with Crippen LogP contribution in [-0.4, -0.2) is 0 Å². The Kier molecular flexibility index (Phi) is 355. The van der Waals surface area contributed by atoms with Gasteiger partial charge in [-0.2, -0.15) is 12.1 Å². The number of hydrogen-bond donors (Lipinski definition) is 0. The van der Waals surface area contributed by atoms with Crippen LogP contribution in [0.4, 0.5) is 0 Å². The van der Waals surface area contributed by atoms with E-state index in [9.17, 15) is 0 Å². The first kappa shape index (κ1) is 98.0. The van der Waals surface area contributed by atoms with E-state index < -0.39 is 0 Å².